The van der Waals surface area contributed by atoms with Gasteiger partial charge in [0.15, 0.2) is 0 Å². The lowest BCUT2D eigenvalue weighted by atomic mass is 9.33. The normalized spacial score (nSPS) is 14.7. The van der Waals surface area contributed by atoms with E-state index in [0.717, 1.165) is 140 Å². The van der Waals surface area contributed by atoms with Crippen molar-refractivity contribution in [2.45, 2.75) is 57.8 Å². The van der Waals surface area contributed by atoms with E-state index in [-0.39, 0.29) is 32.6 Å². The van der Waals surface area contributed by atoms with Crippen molar-refractivity contribution < 1.29 is 15.7 Å². The fraction of sp³-hybridized carbons (Fsp3) is 0.0909. The highest BCUT2D eigenvalue weighted by molar-refractivity contribution is 7.00. The van der Waals surface area contributed by atoms with Gasteiger partial charge in [0.1, 0.15) is 11.5 Å². The van der Waals surface area contributed by atoms with E-state index in [1.165, 1.54) is 11.1 Å². The molecule has 0 atom stereocenters. The average molecular weight is 1340 g/mol. The topological polar surface area (TPSA) is 20.6 Å². The van der Waals surface area contributed by atoms with Crippen LogP contribution in [0.4, 0.5) is 34.1 Å². The third-order valence-corrected chi connectivity index (χ3v) is 22.1. The number of hydrogen-bond donors (Lipinski definition) is 0. The molecule has 0 N–H and O–H groups in total. The lowest BCUT2D eigenvalue weighted by molar-refractivity contribution is 0.437. The minimum Gasteiger partial charge on any atom is -0.457 e. The molecule has 0 saturated carbocycles. The summed E-state index contributed by atoms with van der Waals surface area (Å²) in [6.45, 7) is 13.1. The fourth-order valence-electron chi connectivity index (χ4n) is 17.2. The van der Waals surface area contributed by atoms with Gasteiger partial charge in [-0.3, -0.25) is 0 Å². The van der Waals surface area contributed by atoms with Crippen molar-refractivity contribution in [3.8, 4) is 83.9 Å². The van der Waals surface area contributed by atoms with Gasteiger partial charge in [-0.2, -0.15) is 0 Å². The highest BCUT2D eigenvalue weighted by atomic mass is 16.5. The van der Waals surface area contributed by atoms with Crippen molar-refractivity contribution in [2.75, 3.05) is 9.80 Å². The number of hydrogen-bond acceptors (Lipinski definition) is 3. The first-order chi connectivity index (χ1) is 54.1. The largest absolute Gasteiger partial charge is 0.457 e. The second-order valence-electron chi connectivity index (χ2n) is 30.2. The molecule has 0 bridgehead atoms. The highest BCUT2D eigenvalue weighted by Crippen LogP contribution is 2.63. The van der Waals surface area contributed by atoms with Crippen LogP contribution >= 0.6 is 0 Å². The van der Waals surface area contributed by atoms with Gasteiger partial charge in [0.25, 0.3) is 6.71 Å². The fourth-order valence-corrected chi connectivity index (χ4v) is 17.2. The van der Waals surface area contributed by atoms with E-state index in [0.29, 0.717) is 17.1 Å². The summed E-state index contributed by atoms with van der Waals surface area (Å²) < 4.78 is 86.8. The molecule has 1 aliphatic carbocycles. The Morgan fingerprint density at radius 3 is 1.22 bits per heavy atom. The van der Waals surface area contributed by atoms with Crippen LogP contribution in [0.25, 0.3) is 94.3 Å². The smallest absolute Gasteiger partial charge is 0.252 e. The molecule has 15 aromatic carbocycles. The predicted molar refractivity (Wildman–Crippen MR) is 437 cm³/mol. The van der Waals surface area contributed by atoms with Gasteiger partial charge >= 0.3 is 0 Å². The Balaban J connectivity index is 1.000. The Bertz CT molecular complexity index is 6420. The molecule has 0 unspecified atom stereocenters. The Hall–Kier alpha value is -12.4. The van der Waals surface area contributed by atoms with Crippen molar-refractivity contribution in [3.63, 3.8) is 0 Å². The van der Waals surface area contributed by atoms with Gasteiger partial charge in [-0.15, -0.1) is 0 Å². The lowest BCUT2D eigenvalue weighted by Gasteiger charge is -2.46. The number of ether oxygens (including phenoxy) is 1. The maximum Gasteiger partial charge on any atom is 0.252 e. The third-order valence-electron chi connectivity index (χ3n) is 22.1. The van der Waals surface area contributed by atoms with Crippen molar-refractivity contribution in [3.05, 3.63) is 373 Å². The van der Waals surface area contributed by atoms with E-state index in [4.69, 9.17) is 4.74 Å². The summed E-state index contributed by atoms with van der Waals surface area (Å²) in [5.74, 6) is 1.40. The van der Waals surface area contributed by atoms with E-state index in [1.807, 2.05) is 30.3 Å². The average Bonchev–Trinajstić information content (AvgIpc) is 1.34. The lowest BCUT2D eigenvalue weighted by Crippen LogP contribution is -2.61. The van der Waals surface area contributed by atoms with E-state index in [9.17, 15) is 11.0 Å². The Morgan fingerprint density at radius 2 is 0.740 bits per heavy atom. The Kier molecular flexibility index (Phi) is 12.0. The van der Waals surface area contributed by atoms with Crippen LogP contribution in [0, 0.1) is 0 Å². The van der Waals surface area contributed by atoms with Crippen LogP contribution < -0.4 is 30.9 Å². The first-order valence-electron chi connectivity index (χ1n) is 39.9. The second kappa shape index (κ2) is 23.3. The summed E-state index contributed by atoms with van der Waals surface area (Å²) in [6, 6.07) is 101. The number of anilines is 6. The van der Waals surface area contributed by atoms with Crippen LogP contribution in [-0.2, 0) is 16.2 Å². The van der Waals surface area contributed by atoms with Crippen LogP contribution in [0.5, 0.6) is 11.5 Å². The summed E-state index contributed by atoms with van der Waals surface area (Å²) in [7, 11) is 0. The Labute approximate surface area is 620 Å². The number of rotatable bonds is 8. The van der Waals surface area contributed by atoms with Gasteiger partial charge in [-0.1, -0.05) is 302 Å². The zero-order chi connectivity index (χ0) is 76.7. The summed E-state index contributed by atoms with van der Waals surface area (Å²) >= 11 is 0. The summed E-state index contributed by atoms with van der Waals surface area (Å²) in [4.78, 5) is 4.76. The van der Waals surface area contributed by atoms with E-state index >= 15 is 0 Å². The number of aromatic nitrogens is 1. The quantitative estimate of drug-likeness (QED) is 0.141. The van der Waals surface area contributed by atoms with Crippen molar-refractivity contribution in [1.82, 2.24) is 4.57 Å². The van der Waals surface area contributed by atoms with Gasteiger partial charge in [-0.05, 0) is 189 Å². The van der Waals surface area contributed by atoms with Gasteiger partial charge < -0.3 is 19.1 Å². The number of fused-ring (bicyclic) bond motifs is 16. The highest BCUT2D eigenvalue weighted by Gasteiger charge is 2.53. The Morgan fingerprint density at radius 1 is 0.317 bits per heavy atom. The molecule has 20 rings (SSSR count). The van der Waals surface area contributed by atoms with E-state index in [1.54, 1.807) is 4.57 Å². The number of nitrogens with zero attached hydrogens (tertiary/aromatic N) is 3. The van der Waals surface area contributed by atoms with Crippen LogP contribution in [0.2, 0.25) is 0 Å². The summed E-state index contributed by atoms with van der Waals surface area (Å²) in [6.07, 6.45) is 0. The van der Waals surface area contributed by atoms with Gasteiger partial charge in [0.05, 0.1) is 33.1 Å². The van der Waals surface area contributed by atoms with Crippen LogP contribution in [0.15, 0.2) is 340 Å². The molecule has 4 heterocycles. The number of benzene rings is 15. The molecule has 5 heteroatoms. The van der Waals surface area contributed by atoms with Crippen LogP contribution in [-0.4, -0.2) is 11.3 Å². The molecule has 0 saturated heterocycles. The first-order valence-corrected chi connectivity index (χ1v) is 35.9. The molecular formula is C99H74BN3O. The minimum atomic E-state index is -0.878. The van der Waals surface area contributed by atoms with Crippen molar-refractivity contribution in [2.24, 2.45) is 0 Å². The van der Waals surface area contributed by atoms with Crippen LogP contribution in [0.3, 0.4) is 0 Å². The molecule has 4 nitrogen and oxygen atoms in total. The minimum absolute atomic E-state index is 0.0105. The van der Waals surface area contributed by atoms with Crippen molar-refractivity contribution >= 4 is 79.0 Å². The molecule has 1 spiro atoms. The zero-order valence-corrected chi connectivity index (χ0v) is 58.5. The van der Waals surface area contributed by atoms with Crippen LogP contribution in [0.1, 0.15) is 85.9 Å². The zero-order valence-electron chi connectivity index (χ0n) is 66.5. The SMILES string of the molecule is [2H]c1c([2H])c([2H])c2c(c1[2H])c1c([2H])c([2H])c([2H])c([2H])c1n2-c1cc2c3c(c1)N(c1cc(-c4ccccc4)cc(-c4ccccc4)c1)c1cc4c(cc1B3c1ccc(-c3cc(C(C)(C)C)cc(C(C)(C)C)c3)cc1N2c1cc(-c2ccccc2)cc(-c2ccccc2)c1)C1(c2ccccc2O4)c2ccccc2-c2ccccc21. The molecule has 4 aliphatic rings. The molecule has 0 amide bonds. The van der Waals surface area contributed by atoms with Crippen molar-refractivity contribution in [1.29, 1.82) is 0 Å². The standard InChI is InChI=1S/C99H74BN3O/c1-97(2,3)73-51-72(52-74(58-73)98(4,5)6)67-47-48-86-90(57-67)102(75-53-68(63-29-11-7-12-30-63)49-69(54-75)64-31-13-8-14-32-64)92-59-77(101-88-44-26-21-39-80(88)81-40-22-27-45-89(81)101)60-93-96(92)100(86)87-61-85-95(104-94-46-28-25-43-84(94)99(85)82-41-23-19-37-78(82)79-38-20-24-42-83(79)99)62-91(87)103(93)76-55-70(65-33-15-9-16-34-65)50-71(56-76)66-35-17-10-18-36-66/h7-62H,1-6H3/i21D,22D,26D,27D,39D,40D,44D,45D. The van der Waals surface area contributed by atoms with E-state index in [2.05, 4.69) is 312 Å². The van der Waals surface area contributed by atoms with Gasteiger partial charge in [-0.25, -0.2) is 0 Å². The molecule has 1 aromatic heterocycles. The molecule has 16 aromatic rings. The molecular weight excluding hydrogens is 1260 g/mol. The molecule has 104 heavy (non-hydrogen) atoms. The number of para-hydroxylation sites is 3. The maximum absolute atomic E-state index is 10.1. The third kappa shape index (κ3) is 9.53. The second-order valence-corrected chi connectivity index (χ2v) is 30.2. The van der Waals surface area contributed by atoms with E-state index < -0.39 is 60.5 Å². The summed E-state index contributed by atoms with van der Waals surface area (Å²) in [5.41, 5.74) is 25.7. The molecule has 0 radical (unpaired) electrons. The van der Waals surface area contributed by atoms with Gasteiger partial charge in [0.2, 0.25) is 0 Å². The monoisotopic (exact) mass is 1340 g/mol. The molecule has 0 fully saturated rings. The van der Waals surface area contributed by atoms with Gasteiger partial charge in [0, 0.05) is 62.1 Å². The summed E-state index contributed by atoms with van der Waals surface area (Å²) in [5, 5.41) is -0.0323. The maximum atomic E-state index is 10.1. The molecule has 3 aliphatic heterocycles. The predicted octanol–water partition coefficient (Wildman–Crippen LogP) is 24.3. The first kappa shape index (κ1) is 53.4. The molecule has 494 valence electrons.